The third kappa shape index (κ3) is 3.59. The monoisotopic (exact) mass is 357 g/mol. The molecule has 2 aromatic rings. The van der Waals surface area contributed by atoms with Crippen LogP contribution in [-0.2, 0) is 0 Å². The molecule has 6 heteroatoms. The molecule has 1 heterocycles. The summed E-state index contributed by atoms with van der Waals surface area (Å²) in [6.45, 7) is 5.16. The average Bonchev–Trinajstić information content (AvgIpc) is 2.92. The van der Waals surface area contributed by atoms with E-state index in [1.165, 1.54) is 0 Å². The first-order valence-electron chi connectivity index (χ1n) is 6.67. The predicted octanol–water partition coefficient (Wildman–Crippen LogP) is 4.60. The van der Waals surface area contributed by atoms with E-state index >= 15 is 0 Å². The van der Waals surface area contributed by atoms with Crippen molar-refractivity contribution in [3.8, 4) is 11.5 Å². The van der Waals surface area contributed by atoms with Gasteiger partial charge in [-0.2, -0.15) is 0 Å². The topological polar surface area (TPSA) is 51.0 Å². The van der Waals surface area contributed by atoms with Crippen LogP contribution in [0.15, 0.2) is 27.1 Å². The summed E-state index contributed by atoms with van der Waals surface area (Å²) < 4.78 is 6.58. The Labute approximate surface area is 132 Å². The maximum Gasteiger partial charge on any atom is 0.247 e. The van der Waals surface area contributed by atoms with E-state index in [4.69, 9.17) is 16.0 Å². The molecule has 0 amide bonds. The SMILES string of the molecule is CCCNC(CC)c1nnc(-c2ccc(Cl)c(Br)c2)o1. The van der Waals surface area contributed by atoms with E-state index in [1.807, 2.05) is 12.1 Å². The van der Waals surface area contributed by atoms with Gasteiger partial charge in [0.05, 0.1) is 11.1 Å². The molecule has 20 heavy (non-hydrogen) atoms. The van der Waals surface area contributed by atoms with Crippen molar-refractivity contribution in [3.63, 3.8) is 0 Å². The van der Waals surface area contributed by atoms with Crippen LogP contribution in [0, 0.1) is 0 Å². The normalized spacial score (nSPS) is 12.6. The molecule has 1 aromatic heterocycles. The molecule has 1 unspecified atom stereocenters. The minimum atomic E-state index is 0.104. The van der Waals surface area contributed by atoms with Crippen molar-refractivity contribution in [2.75, 3.05) is 6.54 Å². The summed E-state index contributed by atoms with van der Waals surface area (Å²) in [5.41, 5.74) is 0.852. The van der Waals surface area contributed by atoms with Crippen LogP contribution >= 0.6 is 27.5 Å². The zero-order valence-electron chi connectivity index (χ0n) is 11.5. The van der Waals surface area contributed by atoms with Crippen LogP contribution in [0.5, 0.6) is 0 Å². The van der Waals surface area contributed by atoms with Crippen molar-refractivity contribution >= 4 is 27.5 Å². The fourth-order valence-electron chi connectivity index (χ4n) is 1.85. The highest BCUT2D eigenvalue weighted by molar-refractivity contribution is 9.10. The molecule has 108 valence electrons. The number of benzene rings is 1. The summed E-state index contributed by atoms with van der Waals surface area (Å²) in [7, 11) is 0. The molecule has 0 saturated heterocycles. The van der Waals surface area contributed by atoms with Gasteiger partial charge in [-0.25, -0.2) is 0 Å². The first-order chi connectivity index (χ1) is 9.65. The zero-order valence-corrected chi connectivity index (χ0v) is 13.8. The number of rotatable bonds is 6. The van der Waals surface area contributed by atoms with Gasteiger partial charge >= 0.3 is 0 Å². The van der Waals surface area contributed by atoms with Crippen LogP contribution in [0.3, 0.4) is 0 Å². The molecule has 0 spiro atoms. The van der Waals surface area contributed by atoms with Crippen LogP contribution in [0.4, 0.5) is 0 Å². The Hall–Kier alpha value is -0.910. The van der Waals surface area contributed by atoms with Gasteiger partial charge in [0.2, 0.25) is 11.8 Å². The van der Waals surface area contributed by atoms with E-state index in [0.717, 1.165) is 29.4 Å². The van der Waals surface area contributed by atoms with Gasteiger partial charge in [-0.1, -0.05) is 25.4 Å². The lowest BCUT2D eigenvalue weighted by Gasteiger charge is -2.11. The highest BCUT2D eigenvalue weighted by Crippen LogP contribution is 2.29. The van der Waals surface area contributed by atoms with Crippen molar-refractivity contribution in [2.45, 2.75) is 32.7 Å². The van der Waals surface area contributed by atoms with Crippen LogP contribution < -0.4 is 5.32 Å². The Kier molecular flexibility index (Phi) is 5.57. The Morgan fingerprint density at radius 3 is 2.80 bits per heavy atom. The highest BCUT2D eigenvalue weighted by atomic mass is 79.9. The molecule has 4 nitrogen and oxygen atoms in total. The molecular formula is C14H17BrClN3O. The number of nitrogens with zero attached hydrogens (tertiary/aromatic N) is 2. The fraction of sp³-hybridized carbons (Fsp3) is 0.429. The Morgan fingerprint density at radius 1 is 1.35 bits per heavy atom. The first kappa shape index (κ1) is 15.5. The third-order valence-electron chi connectivity index (χ3n) is 2.95. The molecule has 0 fully saturated rings. The maximum absolute atomic E-state index is 5.98. The zero-order chi connectivity index (χ0) is 14.5. The number of aromatic nitrogens is 2. The average molecular weight is 359 g/mol. The molecule has 1 N–H and O–H groups in total. The van der Waals surface area contributed by atoms with E-state index in [1.54, 1.807) is 6.07 Å². The van der Waals surface area contributed by atoms with Gasteiger partial charge in [0.25, 0.3) is 0 Å². The van der Waals surface area contributed by atoms with E-state index < -0.39 is 0 Å². The quantitative estimate of drug-likeness (QED) is 0.819. The third-order valence-corrected chi connectivity index (χ3v) is 4.17. The summed E-state index contributed by atoms with van der Waals surface area (Å²) in [6.07, 6.45) is 1.98. The van der Waals surface area contributed by atoms with Crippen molar-refractivity contribution in [1.29, 1.82) is 0 Å². The van der Waals surface area contributed by atoms with Gasteiger partial charge in [-0.15, -0.1) is 10.2 Å². The number of hydrogen-bond donors (Lipinski definition) is 1. The molecule has 0 radical (unpaired) electrons. The van der Waals surface area contributed by atoms with Crippen LogP contribution in [-0.4, -0.2) is 16.7 Å². The van der Waals surface area contributed by atoms with Crippen molar-refractivity contribution in [2.24, 2.45) is 0 Å². The van der Waals surface area contributed by atoms with Crippen LogP contribution in [0.1, 0.15) is 38.6 Å². The van der Waals surface area contributed by atoms with E-state index in [-0.39, 0.29) is 6.04 Å². The van der Waals surface area contributed by atoms with Crippen molar-refractivity contribution in [1.82, 2.24) is 15.5 Å². The molecule has 1 aromatic carbocycles. The Morgan fingerprint density at radius 2 is 2.15 bits per heavy atom. The van der Waals surface area contributed by atoms with E-state index in [9.17, 15) is 0 Å². The molecule has 0 bridgehead atoms. The fourth-order valence-corrected chi connectivity index (χ4v) is 2.34. The number of nitrogens with one attached hydrogen (secondary N) is 1. The molecule has 0 aliphatic carbocycles. The maximum atomic E-state index is 5.98. The number of halogens is 2. The van der Waals surface area contributed by atoms with E-state index in [0.29, 0.717) is 16.8 Å². The molecule has 1 atom stereocenters. The van der Waals surface area contributed by atoms with Gasteiger partial charge in [-0.05, 0) is 53.5 Å². The molecule has 0 aliphatic heterocycles. The molecule has 0 aliphatic rings. The lowest BCUT2D eigenvalue weighted by molar-refractivity contribution is 0.396. The summed E-state index contributed by atoms with van der Waals surface area (Å²) in [5, 5.41) is 12.3. The smallest absolute Gasteiger partial charge is 0.247 e. The van der Waals surface area contributed by atoms with Gasteiger partial charge < -0.3 is 9.73 Å². The first-order valence-corrected chi connectivity index (χ1v) is 7.85. The summed E-state index contributed by atoms with van der Waals surface area (Å²) in [4.78, 5) is 0. The van der Waals surface area contributed by atoms with Crippen LogP contribution in [0.25, 0.3) is 11.5 Å². The Bertz CT molecular complexity index is 573. The van der Waals surface area contributed by atoms with Crippen molar-refractivity contribution in [3.05, 3.63) is 33.6 Å². The summed E-state index contributed by atoms with van der Waals surface area (Å²) >= 11 is 9.37. The van der Waals surface area contributed by atoms with Gasteiger partial charge in [0, 0.05) is 10.0 Å². The second-order valence-corrected chi connectivity index (χ2v) is 5.75. The molecular weight excluding hydrogens is 342 g/mol. The van der Waals surface area contributed by atoms with Gasteiger partial charge in [-0.3, -0.25) is 0 Å². The molecule has 0 saturated carbocycles. The largest absolute Gasteiger partial charge is 0.419 e. The number of hydrogen-bond acceptors (Lipinski definition) is 4. The van der Waals surface area contributed by atoms with Crippen molar-refractivity contribution < 1.29 is 4.42 Å². The highest BCUT2D eigenvalue weighted by Gasteiger charge is 2.17. The second-order valence-electron chi connectivity index (χ2n) is 4.49. The van der Waals surface area contributed by atoms with Gasteiger partial charge in [0.15, 0.2) is 0 Å². The lowest BCUT2D eigenvalue weighted by Crippen LogP contribution is -2.21. The van der Waals surface area contributed by atoms with Gasteiger partial charge in [0.1, 0.15) is 0 Å². The summed E-state index contributed by atoms with van der Waals surface area (Å²) in [6, 6.07) is 5.65. The minimum Gasteiger partial charge on any atom is -0.419 e. The van der Waals surface area contributed by atoms with E-state index in [2.05, 4.69) is 45.3 Å². The second kappa shape index (κ2) is 7.20. The predicted molar refractivity (Wildman–Crippen MR) is 83.8 cm³/mol. The van der Waals surface area contributed by atoms with Crippen LogP contribution in [0.2, 0.25) is 5.02 Å². The Balaban J connectivity index is 2.20. The lowest BCUT2D eigenvalue weighted by atomic mass is 10.2. The molecule has 2 rings (SSSR count). The summed E-state index contributed by atoms with van der Waals surface area (Å²) in [5.74, 6) is 1.14. The minimum absolute atomic E-state index is 0.104. The standard InChI is InChI=1S/C14H17BrClN3O/c1-3-7-17-12(4-2)14-19-18-13(20-14)9-5-6-11(16)10(15)8-9/h5-6,8,12,17H,3-4,7H2,1-2H3.